The summed E-state index contributed by atoms with van der Waals surface area (Å²) in [5, 5.41) is 5.73. The Morgan fingerprint density at radius 2 is 2.14 bits per heavy atom. The van der Waals surface area contributed by atoms with Crippen LogP contribution in [0, 0.1) is 13.8 Å². The van der Waals surface area contributed by atoms with Gasteiger partial charge in [0.2, 0.25) is 5.91 Å². The van der Waals surface area contributed by atoms with E-state index in [1.807, 2.05) is 44.3 Å². The van der Waals surface area contributed by atoms with Crippen molar-refractivity contribution >= 4 is 17.6 Å². The number of rotatable bonds is 6. The number of urea groups is 1. The number of nitrogens with one attached hydrogen (secondary N) is 2. The Labute approximate surface area is 165 Å². The number of ether oxygens (including phenoxy) is 1. The summed E-state index contributed by atoms with van der Waals surface area (Å²) in [5.41, 5.74) is 4.00. The smallest absolute Gasteiger partial charge is 0.315 e. The van der Waals surface area contributed by atoms with Crippen LogP contribution in [0.15, 0.2) is 36.5 Å². The van der Waals surface area contributed by atoms with Gasteiger partial charge in [0, 0.05) is 49.6 Å². The zero-order chi connectivity index (χ0) is 20.1. The highest BCUT2D eigenvalue weighted by Crippen LogP contribution is 2.25. The average Bonchev–Trinajstić information content (AvgIpc) is 3.03. The van der Waals surface area contributed by atoms with Crippen molar-refractivity contribution in [3.63, 3.8) is 0 Å². The van der Waals surface area contributed by atoms with Crippen molar-refractivity contribution in [3.05, 3.63) is 53.3 Å². The van der Waals surface area contributed by atoms with Crippen LogP contribution in [0.2, 0.25) is 0 Å². The third-order valence-electron chi connectivity index (χ3n) is 4.80. The van der Waals surface area contributed by atoms with E-state index in [9.17, 15) is 9.59 Å². The third kappa shape index (κ3) is 4.79. The van der Waals surface area contributed by atoms with E-state index in [0.29, 0.717) is 25.3 Å². The summed E-state index contributed by atoms with van der Waals surface area (Å²) in [7, 11) is 1.59. The van der Waals surface area contributed by atoms with E-state index < -0.39 is 0 Å². The molecule has 2 heterocycles. The van der Waals surface area contributed by atoms with Crippen LogP contribution < -0.4 is 20.3 Å². The molecule has 0 radical (unpaired) electrons. The summed E-state index contributed by atoms with van der Waals surface area (Å²) < 4.78 is 5.21. The summed E-state index contributed by atoms with van der Waals surface area (Å²) in [4.78, 5) is 30.6. The SMILES string of the molecule is COc1cccc(N2CC(NC(=O)NCCc3ncc(C)cc3C)CC2=O)c1. The maximum Gasteiger partial charge on any atom is 0.315 e. The summed E-state index contributed by atoms with van der Waals surface area (Å²) in [6.45, 7) is 4.96. The van der Waals surface area contributed by atoms with Crippen molar-refractivity contribution in [2.75, 3.05) is 25.1 Å². The van der Waals surface area contributed by atoms with Gasteiger partial charge >= 0.3 is 6.03 Å². The molecule has 1 fully saturated rings. The van der Waals surface area contributed by atoms with E-state index in [4.69, 9.17) is 4.74 Å². The van der Waals surface area contributed by atoms with Gasteiger partial charge in [-0.3, -0.25) is 9.78 Å². The molecule has 28 heavy (non-hydrogen) atoms. The minimum atomic E-state index is -0.268. The molecule has 1 saturated heterocycles. The lowest BCUT2D eigenvalue weighted by atomic mass is 10.1. The van der Waals surface area contributed by atoms with Gasteiger partial charge in [-0.1, -0.05) is 12.1 Å². The van der Waals surface area contributed by atoms with Crippen molar-refractivity contribution in [1.29, 1.82) is 0 Å². The highest BCUT2D eigenvalue weighted by atomic mass is 16.5. The van der Waals surface area contributed by atoms with Crippen molar-refractivity contribution in [2.24, 2.45) is 0 Å². The van der Waals surface area contributed by atoms with E-state index in [0.717, 1.165) is 22.5 Å². The van der Waals surface area contributed by atoms with Crippen LogP contribution in [0.5, 0.6) is 5.75 Å². The minimum Gasteiger partial charge on any atom is -0.497 e. The van der Waals surface area contributed by atoms with Crippen molar-refractivity contribution in [2.45, 2.75) is 32.7 Å². The molecule has 1 aliphatic heterocycles. The number of aromatic nitrogens is 1. The molecule has 0 spiro atoms. The van der Waals surface area contributed by atoms with Gasteiger partial charge in [-0.05, 0) is 37.1 Å². The second kappa shape index (κ2) is 8.73. The summed E-state index contributed by atoms with van der Waals surface area (Å²) in [5.74, 6) is 0.678. The second-order valence-electron chi connectivity index (χ2n) is 7.03. The number of hydrogen-bond donors (Lipinski definition) is 2. The first-order valence-electron chi connectivity index (χ1n) is 9.37. The lowest BCUT2D eigenvalue weighted by Crippen LogP contribution is -2.44. The fourth-order valence-corrected chi connectivity index (χ4v) is 3.37. The Bertz CT molecular complexity index is 868. The molecular weight excluding hydrogens is 356 g/mol. The normalized spacial score (nSPS) is 16.2. The lowest BCUT2D eigenvalue weighted by molar-refractivity contribution is -0.117. The predicted octanol–water partition coefficient (Wildman–Crippen LogP) is 2.35. The molecule has 3 amide bonds. The number of hydrogen-bond acceptors (Lipinski definition) is 4. The topological polar surface area (TPSA) is 83.6 Å². The molecule has 0 aliphatic carbocycles. The maximum atomic E-state index is 12.3. The van der Waals surface area contributed by atoms with Gasteiger partial charge < -0.3 is 20.3 Å². The number of carbonyl (C=O) groups is 2. The van der Waals surface area contributed by atoms with E-state index >= 15 is 0 Å². The first-order valence-corrected chi connectivity index (χ1v) is 9.37. The second-order valence-corrected chi connectivity index (χ2v) is 7.03. The molecule has 1 atom stereocenters. The highest BCUT2D eigenvalue weighted by molar-refractivity contribution is 5.97. The molecule has 1 aliphatic rings. The number of anilines is 1. The Balaban J connectivity index is 1.48. The van der Waals surface area contributed by atoms with Gasteiger partial charge in [-0.15, -0.1) is 0 Å². The molecule has 3 rings (SSSR count). The molecule has 2 aromatic rings. The van der Waals surface area contributed by atoms with Crippen LogP contribution in [0.3, 0.4) is 0 Å². The quantitative estimate of drug-likeness (QED) is 0.803. The van der Waals surface area contributed by atoms with E-state index in [1.54, 1.807) is 12.0 Å². The van der Waals surface area contributed by atoms with Crippen LogP contribution in [-0.2, 0) is 11.2 Å². The number of methoxy groups -OCH3 is 1. The molecule has 1 aromatic carbocycles. The Morgan fingerprint density at radius 1 is 1.32 bits per heavy atom. The van der Waals surface area contributed by atoms with Gasteiger partial charge in [0.05, 0.1) is 13.2 Å². The number of benzene rings is 1. The average molecular weight is 382 g/mol. The van der Waals surface area contributed by atoms with E-state index in [2.05, 4.69) is 21.7 Å². The van der Waals surface area contributed by atoms with Gasteiger partial charge in [-0.2, -0.15) is 0 Å². The summed E-state index contributed by atoms with van der Waals surface area (Å²) in [6.07, 6.45) is 2.78. The van der Waals surface area contributed by atoms with Gasteiger partial charge in [0.1, 0.15) is 5.75 Å². The van der Waals surface area contributed by atoms with Crippen molar-refractivity contribution in [3.8, 4) is 5.75 Å². The van der Waals surface area contributed by atoms with Crippen LogP contribution in [0.1, 0.15) is 23.2 Å². The van der Waals surface area contributed by atoms with Crippen LogP contribution in [0.25, 0.3) is 0 Å². The fraction of sp³-hybridized carbons (Fsp3) is 0.381. The first-order chi connectivity index (χ1) is 13.5. The number of aryl methyl sites for hydroxylation is 2. The van der Waals surface area contributed by atoms with Gasteiger partial charge in [-0.25, -0.2) is 4.79 Å². The number of amides is 3. The number of nitrogens with zero attached hydrogens (tertiary/aromatic N) is 2. The van der Waals surface area contributed by atoms with Gasteiger partial charge in [0.25, 0.3) is 0 Å². The molecule has 0 saturated carbocycles. The molecule has 7 heteroatoms. The fourth-order valence-electron chi connectivity index (χ4n) is 3.37. The minimum absolute atomic E-state index is 0.0157. The highest BCUT2D eigenvalue weighted by Gasteiger charge is 2.31. The molecule has 0 bridgehead atoms. The predicted molar refractivity (Wildman–Crippen MR) is 108 cm³/mol. The van der Waals surface area contributed by atoms with Crippen molar-refractivity contribution in [1.82, 2.24) is 15.6 Å². The Morgan fingerprint density at radius 3 is 2.89 bits per heavy atom. The number of carbonyl (C=O) groups excluding carboxylic acids is 2. The van der Waals surface area contributed by atoms with Crippen LogP contribution in [-0.4, -0.2) is 43.2 Å². The Hall–Kier alpha value is -3.09. The molecule has 1 aromatic heterocycles. The number of pyridine rings is 1. The summed E-state index contributed by atoms with van der Waals surface area (Å²) >= 11 is 0. The zero-order valence-electron chi connectivity index (χ0n) is 16.5. The van der Waals surface area contributed by atoms with Crippen LogP contribution >= 0.6 is 0 Å². The standard InChI is InChI=1S/C21H26N4O3/c1-14-9-15(2)19(23-12-14)7-8-22-21(27)24-16-10-20(26)25(13-16)17-5-4-6-18(11-17)28-3/h4-6,9,11-12,16H,7-8,10,13H2,1-3H3,(H2,22,24,27). The monoisotopic (exact) mass is 382 g/mol. The maximum absolute atomic E-state index is 12.3. The largest absolute Gasteiger partial charge is 0.497 e. The van der Waals surface area contributed by atoms with Gasteiger partial charge in [0.15, 0.2) is 0 Å². The molecule has 2 N–H and O–H groups in total. The van der Waals surface area contributed by atoms with Crippen molar-refractivity contribution < 1.29 is 14.3 Å². The molecular formula is C21H26N4O3. The summed E-state index contributed by atoms with van der Waals surface area (Å²) in [6, 6.07) is 8.94. The Kier molecular flexibility index (Phi) is 6.13. The molecule has 1 unspecified atom stereocenters. The lowest BCUT2D eigenvalue weighted by Gasteiger charge is -2.18. The zero-order valence-corrected chi connectivity index (χ0v) is 16.5. The molecule has 7 nitrogen and oxygen atoms in total. The third-order valence-corrected chi connectivity index (χ3v) is 4.80. The van der Waals surface area contributed by atoms with Crippen LogP contribution in [0.4, 0.5) is 10.5 Å². The molecule has 148 valence electrons. The first kappa shape index (κ1) is 19.7. The van der Waals surface area contributed by atoms with E-state index in [1.165, 1.54) is 0 Å². The van der Waals surface area contributed by atoms with E-state index in [-0.39, 0.29) is 24.4 Å².